The van der Waals surface area contributed by atoms with Crippen molar-refractivity contribution >= 4 is 15.9 Å². The van der Waals surface area contributed by atoms with Gasteiger partial charge in [0.05, 0.1) is 12.7 Å². The van der Waals surface area contributed by atoms with Crippen molar-refractivity contribution in [1.29, 1.82) is 0 Å². The molecule has 2 aliphatic rings. The smallest absolute Gasteiger partial charge is 0.125 e. The number of hydrogen-bond acceptors (Lipinski definition) is 3. The lowest BCUT2D eigenvalue weighted by Gasteiger charge is -2.36. The van der Waals surface area contributed by atoms with Crippen LogP contribution in [0.2, 0.25) is 0 Å². The molecule has 0 bridgehead atoms. The molecule has 3 nitrogen and oxygen atoms in total. The molecule has 1 saturated heterocycles. The summed E-state index contributed by atoms with van der Waals surface area (Å²) in [6.45, 7) is 1.61. The quantitative estimate of drug-likeness (QED) is 0.866. The van der Waals surface area contributed by atoms with Crippen LogP contribution in [0.5, 0.6) is 5.75 Å². The molecule has 0 amide bonds. The van der Waals surface area contributed by atoms with Crippen LogP contribution in [0.25, 0.3) is 0 Å². The van der Waals surface area contributed by atoms with E-state index in [1.54, 1.807) is 0 Å². The SMILES string of the molecule is O[C@H]1CC(C2CCCOC2)Oc2ccc(Br)cc21. The third-order valence-corrected chi connectivity index (χ3v) is 4.28. The fraction of sp³-hybridized carbons (Fsp3) is 0.571. The first-order valence-corrected chi connectivity index (χ1v) is 7.25. The zero-order valence-corrected chi connectivity index (χ0v) is 11.7. The lowest BCUT2D eigenvalue weighted by atomic mass is 9.88. The summed E-state index contributed by atoms with van der Waals surface area (Å²) >= 11 is 3.42. The zero-order chi connectivity index (χ0) is 12.5. The second-order valence-corrected chi connectivity index (χ2v) is 5.98. The maximum atomic E-state index is 10.2. The van der Waals surface area contributed by atoms with Crippen molar-refractivity contribution in [2.75, 3.05) is 13.2 Å². The van der Waals surface area contributed by atoms with Gasteiger partial charge in [-0.05, 0) is 31.0 Å². The minimum atomic E-state index is -0.432. The van der Waals surface area contributed by atoms with Gasteiger partial charge in [0, 0.05) is 29.0 Å². The van der Waals surface area contributed by atoms with Gasteiger partial charge in [-0.2, -0.15) is 0 Å². The number of aliphatic hydroxyl groups is 1. The molecule has 1 fully saturated rings. The summed E-state index contributed by atoms with van der Waals surface area (Å²) in [5.41, 5.74) is 0.886. The molecule has 0 radical (unpaired) electrons. The highest BCUT2D eigenvalue weighted by Gasteiger charge is 2.33. The van der Waals surface area contributed by atoms with Gasteiger partial charge in [-0.1, -0.05) is 15.9 Å². The Morgan fingerprint density at radius 2 is 2.22 bits per heavy atom. The third kappa shape index (κ3) is 2.42. The Hall–Kier alpha value is -0.580. The average Bonchev–Trinajstić information content (AvgIpc) is 2.40. The van der Waals surface area contributed by atoms with Gasteiger partial charge in [-0.3, -0.25) is 0 Å². The predicted octanol–water partition coefficient (Wildman–Crippen LogP) is 3.06. The Labute approximate surface area is 115 Å². The van der Waals surface area contributed by atoms with Gasteiger partial charge >= 0.3 is 0 Å². The lowest BCUT2D eigenvalue weighted by Crippen LogP contribution is -2.37. The van der Waals surface area contributed by atoms with Gasteiger partial charge in [-0.25, -0.2) is 0 Å². The maximum absolute atomic E-state index is 10.2. The molecule has 1 aromatic carbocycles. The van der Waals surface area contributed by atoms with Crippen LogP contribution in [0, 0.1) is 5.92 Å². The Bertz CT molecular complexity index is 429. The highest BCUT2D eigenvalue weighted by atomic mass is 79.9. The number of fused-ring (bicyclic) bond motifs is 1. The average molecular weight is 313 g/mol. The second kappa shape index (κ2) is 5.19. The van der Waals surface area contributed by atoms with Crippen molar-refractivity contribution in [3.63, 3.8) is 0 Å². The largest absolute Gasteiger partial charge is 0.490 e. The van der Waals surface area contributed by atoms with Crippen molar-refractivity contribution in [2.24, 2.45) is 5.92 Å². The molecule has 3 rings (SSSR count). The van der Waals surface area contributed by atoms with Crippen LogP contribution < -0.4 is 4.74 Å². The normalized spacial score (nSPS) is 31.6. The van der Waals surface area contributed by atoms with Crippen molar-refractivity contribution in [3.8, 4) is 5.75 Å². The van der Waals surface area contributed by atoms with Crippen LogP contribution in [0.1, 0.15) is 30.9 Å². The minimum absolute atomic E-state index is 0.0778. The summed E-state index contributed by atoms with van der Waals surface area (Å²) < 4.78 is 12.5. The molecule has 2 heterocycles. The molecule has 18 heavy (non-hydrogen) atoms. The first-order chi connectivity index (χ1) is 8.74. The van der Waals surface area contributed by atoms with Crippen molar-refractivity contribution in [3.05, 3.63) is 28.2 Å². The van der Waals surface area contributed by atoms with Crippen molar-refractivity contribution < 1.29 is 14.6 Å². The molecule has 2 unspecified atom stereocenters. The fourth-order valence-electron chi connectivity index (χ4n) is 2.79. The van der Waals surface area contributed by atoms with Gasteiger partial charge in [0.25, 0.3) is 0 Å². The molecular weight excluding hydrogens is 296 g/mol. The molecule has 0 saturated carbocycles. The molecule has 4 heteroatoms. The summed E-state index contributed by atoms with van der Waals surface area (Å²) in [5, 5.41) is 10.2. The molecule has 0 spiro atoms. The molecular formula is C14H17BrO3. The molecule has 1 aromatic rings. The predicted molar refractivity (Wildman–Crippen MR) is 71.7 cm³/mol. The van der Waals surface area contributed by atoms with Crippen LogP contribution in [0.4, 0.5) is 0 Å². The van der Waals surface area contributed by atoms with Crippen LogP contribution in [0.15, 0.2) is 22.7 Å². The molecule has 0 aliphatic carbocycles. The zero-order valence-electron chi connectivity index (χ0n) is 10.1. The molecule has 98 valence electrons. The number of aliphatic hydroxyl groups excluding tert-OH is 1. The van der Waals surface area contributed by atoms with E-state index in [-0.39, 0.29) is 6.10 Å². The number of rotatable bonds is 1. The third-order valence-electron chi connectivity index (χ3n) is 3.79. The molecule has 2 aliphatic heterocycles. The monoisotopic (exact) mass is 312 g/mol. The van der Waals surface area contributed by atoms with Gasteiger partial charge in [-0.15, -0.1) is 0 Å². The maximum Gasteiger partial charge on any atom is 0.125 e. The lowest BCUT2D eigenvalue weighted by molar-refractivity contribution is -0.0286. The Morgan fingerprint density at radius 1 is 1.33 bits per heavy atom. The number of benzene rings is 1. The topological polar surface area (TPSA) is 38.7 Å². The Balaban J connectivity index is 1.80. The van der Waals surface area contributed by atoms with Gasteiger partial charge in [0.15, 0.2) is 0 Å². The van der Waals surface area contributed by atoms with Crippen LogP contribution in [0.3, 0.4) is 0 Å². The summed E-state index contributed by atoms with van der Waals surface area (Å²) in [6, 6.07) is 5.82. The van der Waals surface area contributed by atoms with E-state index < -0.39 is 6.10 Å². The van der Waals surface area contributed by atoms with E-state index in [2.05, 4.69) is 15.9 Å². The first-order valence-electron chi connectivity index (χ1n) is 6.46. The van der Waals surface area contributed by atoms with E-state index in [0.717, 1.165) is 41.8 Å². The standard InChI is InChI=1S/C14H17BrO3/c15-10-3-4-13-11(6-10)12(16)7-14(18-13)9-2-1-5-17-8-9/h3-4,6,9,12,14,16H,1-2,5,7-8H2/t9?,12-,14?/m0/s1. The van der Waals surface area contributed by atoms with Gasteiger partial charge in [0.1, 0.15) is 11.9 Å². The van der Waals surface area contributed by atoms with Crippen LogP contribution >= 0.6 is 15.9 Å². The number of ether oxygens (including phenoxy) is 2. The van der Waals surface area contributed by atoms with Gasteiger partial charge < -0.3 is 14.6 Å². The summed E-state index contributed by atoms with van der Waals surface area (Å²) in [7, 11) is 0. The summed E-state index contributed by atoms with van der Waals surface area (Å²) in [4.78, 5) is 0. The Morgan fingerprint density at radius 3 is 3.00 bits per heavy atom. The van der Waals surface area contributed by atoms with Crippen LogP contribution in [-0.2, 0) is 4.74 Å². The molecule has 3 atom stereocenters. The van der Waals surface area contributed by atoms with Gasteiger partial charge in [0.2, 0.25) is 0 Å². The van der Waals surface area contributed by atoms with E-state index in [4.69, 9.17) is 9.47 Å². The highest BCUT2D eigenvalue weighted by Crippen LogP contribution is 2.39. The van der Waals surface area contributed by atoms with E-state index in [1.165, 1.54) is 0 Å². The summed E-state index contributed by atoms with van der Waals surface area (Å²) in [5.74, 6) is 1.22. The molecule has 0 aromatic heterocycles. The van der Waals surface area contributed by atoms with Crippen LogP contribution in [-0.4, -0.2) is 24.4 Å². The highest BCUT2D eigenvalue weighted by molar-refractivity contribution is 9.10. The van der Waals surface area contributed by atoms with Crippen molar-refractivity contribution in [2.45, 2.75) is 31.5 Å². The van der Waals surface area contributed by atoms with E-state index in [1.807, 2.05) is 18.2 Å². The minimum Gasteiger partial charge on any atom is -0.490 e. The molecule has 1 N–H and O–H groups in total. The van der Waals surface area contributed by atoms with E-state index >= 15 is 0 Å². The number of halogens is 1. The second-order valence-electron chi connectivity index (χ2n) is 5.07. The van der Waals surface area contributed by atoms with Crippen molar-refractivity contribution in [1.82, 2.24) is 0 Å². The Kier molecular flexibility index (Phi) is 3.59. The fourth-order valence-corrected chi connectivity index (χ4v) is 3.17. The first kappa shape index (κ1) is 12.5. The number of hydrogen-bond donors (Lipinski definition) is 1. The van der Waals surface area contributed by atoms with E-state index in [0.29, 0.717) is 12.3 Å². The van der Waals surface area contributed by atoms with E-state index in [9.17, 15) is 5.11 Å². The summed E-state index contributed by atoms with van der Waals surface area (Å²) in [6.07, 6.45) is 2.53.